The summed E-state index contributed by atoms with van der Waals surface area (Å²) in [6.45, 7) is 36.4. The molecule has 0 aliphatic carbocycles. The number of fused-ring (bicyclic) bond motifs is 5. The number of rotatable bonds is 2. The zero-order valence-electron chi connectivity index (χ0n) is 42.4. The van der Waals surface area contributed by atoms with Gasteiger partial charge in [0.1, 0.15) is 0 Å². The molecule has 0 saturated carbocycles. The van der Waals surface area contributed by atoms with E-state index in [1.165, 1.54) is 110 Å². The fourth-order valence-electron chi connectivity index (χ4n) is 9.27. The van der Waals surface area contributed by atoms with Crippen molar-refractivity contribution in [2.75, 3.05) is 0 Å². The fourth-order valence-corrected chi connectivity index (χ4v) is 10.6. The first-order valence-corrected chi connectivity index (χ1v) is 30.6. The van der Waals surface area contributed by atoms with Crippen LogP contribution in [0.3, 0.4) is 0 Å². The van der Waals surface area contributed by atoms with E-state index in [4.69, 9.17) is 17.0 Å². The van der Waals surface area contributed by atoms with E-state index in [9.17, 15) is 0 Å². The predicted octanol–water partition coefficient (Wildman–Crippen LogP) is 17.4. The Morgan fingerprint density at radius 1 is 0.470 bits per heavy atom. The second kappa shape index (κ2) is 20.4. The maximum atomic E-state index is 4.93. The van der Waals surface area contributed by atoms with Crippen LogP contribution < -0.4 is 10.4 Å². The van der Waals surface area contributed by atoms with Gasteiger partial charge in [-0.1, -0.05) is 199 Å². The van der Waals surface area contributed by atoms with Crippen molar-refractivity contribution in [2.24, 2.45) is 0 Å². The Balaban J connectivity index is 0.000000166. The van der Waals surface area contributed by atoms with Crippen LogP contribution in [0.25, 0.3) is 54.9 Å². The molecule has 8 aromatic rings. The van der Waals surface area contributed by atoms with E-state index >= 15 is 0 Å². The van der Waals surface area contributed by atoms with Crippen LogP contribution in [0.1, 0.15) is 128 Å². The molecular formula is C62H69Cl2SiZr-3. The molecule has 0 atom stereocenters. The van der Waals surface area contributed by atoms with Gasteiger partial charge in [0.2, 0.25) is 0 Å². The average molecular weight is 1000 g/mol. The van der Waals surface area contributed by atoms with Gasteiger partial charge in [-0.15, -0.1) is 74.6 Å². The summed E-state index contributed by atoms with van der Waals surface area (Å²) in [6.07, 6.45) is 0. The third kappa shape index (κ3) is 12.1. The quantitative estimate of drug-likeness (QED) is 0.120. The molecule has 4 heteroatoms. The monoisotopic (exact) mass is 1000 g/mol. The van der Waals surface area contributed by atoms with E-state index in [0.717, 1.165) is 9.52 Å². The van der Waals surface area contributed by atoms with Gasteiger partial charge in [0.25, 0.3) is 0 Å². The first-order chi connectivity index (χ1) is 30.8. The second-order valence-electron chi connectivity index (χ2n) is 22.4. The fraction of sp³-hybridized carbons (Fsp3) is 0.323. The molecule has 2 radical (unpaired) electrons. The Labute approximate surface area is 419 Å². The molecule has 0 spiro atoms. The average Bonchev–Trinajstić information content (AvgIpc) is 3.95. The van der Waals surface area contributed by atoms with Gasteiger partial charge in [-0.2, -0.15) is 41.6 Å². The number of halogens is 2. The summed E-state index contributed by atoms with van der Waals surface area (Å²) in [5, 5.41) is 8.31. The van der Waals surface area contributed by atoms with Crippen LogP contribution in [-0.2, 0) is 42.5 Å². The van der Waals surface area contributed by atoms with Crippen LogP contribution in [0.4, 0.5) is 0 Å². The smallest absolute Gasteiger partial charge is 0.0920 e. The summed E-state index contributed by atoms with van der Waals surface area (Å²) in [4.78, 5) is 0. The van der Waals surface area contributed by atoms with Gasteiger partial charge in [0.05, 0.1) is 9.52 Å². The molecule has 0 saturated heterocycles. The Bertz CT molecular complexity index is 2720. The van der Waals surface area contributed by atoms with Gasteiger partial charge in [0.15, 0.2) is 0 Å². The van der Waals surface area contributed by atoms with Crippen LogP contribution in [0.15, 0.2) is 127 Å². The van der Waals surface area contributed by atoms with E-state index in [0.29, 0.717) is 0 Å². The number of hydrogen-bond acceptors (Lipinski definition) is 0. The van der Waals surface area contributed by atoms with Gasteiger partial charge in [-0.3, -0.25) is 0 Å². The number of hydrogen-bond donors (Lipinski definition) is 0. The van der Waals surface area contributed by atoms with Crippen molar-refractivity contribution in [2.45, 2.75) is 132 Å². The van der Waals surface area contributed by atoms with Gasteiger partial charge in [-0.05, 0) is 60.5 Å². The number of aryl methyl sites for hydroxylation is 4. The molecule has 0 aromatic heterocycles. The van der Waals surface area contributed by atoms with Crippen LogP contribution >= 0.6 is 17.0 Å². The third-order valence-corrected chi connectivity index (χ3v) is 13.9. The maximum Gasteiger partial charge on any atom is 0.0920 e. The summed E-state index contributed by atoms with van der Waals surface area (Å²) in [5.74, 6) is 0. The molecule has 0 amide bonds. The summed E-state index contributed by atoms with van der Waals surface area (Å²) >= 11 is -0.826. The van der Waals surface area contributed by atoms with Crippen molar-refractivity contribution < 1.29 is 20.8 Å². The van der Waals surface area contributed by atoms with E-state index in [2.05, 4.69) is 238 Å². The first kappa shape index (κ1) is 51.6. The molecular weight excluding hydrogens is 935 g/mol. The molecule has 9 rings (SSSR count). The zero-order valence-corrected chi connectivity index (χ0v) is 47.4. The molecule has 0 unspecified atom stereocenters. The van der Waals surface area contributed by atoms with Crippen molar-refractivity contribution in [1.29, 1.82) is 0 Å². The Hall–Kier alpha value is -3.78. The number of benzene rings is 6. The minimum Gasteiger partial charge on any atom is -0.184 e. The van der Waals surface area contributed by atoms with Crippen molar-refractivity contribution in [3.05, 3.63) is 178 Å². The molecule has 1 aliphatic heterocycles. The minimum atomic E-state index is -0.826. The third-order valence-electron chi connectivity index (χ3n) is 12.5. The maximum absolute atomic E-state index is 4.93. The molecule has 8 aromatic carbocycles. The molecule has 0 fully saturated rings. The molecule has 0 nitrogen and oxygen atoms in total. The summed E-state index contributed by atoms with van der Waals surface area (Å²) in [6, 6.07) is 50.9. The second-order valence-corrected chi connectivity index (χ2v) is 27.4. The van der Waals surface area contributed by atoms with Crippen LogP contribution in [-0.4, -0.2) is 9.52 Å². The zero-order chi connectivity index (χ0) is 48.5. The molecule has 1 heterocycles. The first-order valence-electron chi connectivity index (χ1n) is 23.3. The molecule has 0 bridgehead atoms. The Morgan fingerprint density at radius 2 is 0.864 bits per heavy atom. The predicted molar refractivity (Wildman–Crippen MR) is 291 cm³/mol. The van der Waals surface area contributed by atoms with E-state index in [1.807, 2.05) is 6.07 Å². The summed E-state index contributed by atoms with van der Waals surface area (Å²) in [5.41, 5.74) is 19.8. The molecule has 1 aliphatic rings. The summed E-state index contributed by atoms with van der Waals surface area (Å²) < 4.78 is 0. The van der Waals surface area contributed by atoms with Crippen molar-refractivity contribution in [3.8, 4) is 33.4 Å². The van der Waals surface area contributed by atoms with Gasteiger partial charge < -0.3 is 0 Å². The minimum absolute atomic E-state index is 0.111. The SMILES string of the molecule is Cc1cc(C)cc(-c2c(C(C)(C)C)ccc3[cH-]c(C(C)(C)C)cc23)c1.Cc1cc(C)cc(-c2c(C(C)(C)C)ccc3[cH-]c(C(C)(C)C)cc23)c1.[Cl][Zr][Cl].[c-]1cccc2c1[Si]c1ccccc1-2. The molecule has 342 valence electrons. The van der Waals surface area contributed by atoms with Crippen molar-refractivity contribution in [1.82, 2.24) is 0 Å². The van der Waals surface area contributed by atoms with E-state index in [-0.39, 0.29) is 21.7 Å². The van der Waals surface area contributed by atoms with Crippen LogP contribution in [0.5, 0.6) is 0 Å². The molecule has 0 N–H and O–H groups in total. The normalized spacial score (nSPS) is 12.3. The topological polar surface area (TPSA) is 0 Å². The largest absolute Gasteiger partial charge is 0.184 e. The van der Waals surface area contributed by atoms with Crippen LogP contribution in [0, 0.1) is 33.8 Å². The van der Waals surface area contributed by atoms with Gasteiger partial charge >= 0.3 is 37.9 Å². The van der Waals surface area contributed by atoms with Gasteiger partial charge in [0, 0.05) is 0 Å². The van der Waals surface area contributed by atoms with Crippen molar-refractivity contribution in [3.63, 3.8) is 0 Å². The Morgan fingerprint density at radius 3 is 1.26 bits per heavy atom. The Kier molecular flexibility index (Phi) is 16.0. The molecule has 66 heavy (non-hydrogen) atoms. The van der Waals surface area contributed by atoms with E-state index in [1.54, 1.807) is 0 Å². The van der Waals surface area contributed by atoms with E-state index < -0.39 is 20.8 Å². The van der Waals surface area contributed by atoms with Crippen LogP contribution in [0.2, 0.25) is 0 Å². The van der Waals surface area contributed by atoms with Crippen molar-refractivity contribution >= 4 is 58.5 Å². The standard InChI is InChI=1S/2C25H31.C12H7Si.2ClH.Zr/c2*1-16-11-17(2)13-19(12-16)23-21-15-20(24(3,4)5)14-18(21)9-10-22(23)25(6,7)8;1-3-7-11-9(5-1)10-6-2-4-8-12(10)13-11;;;/h2*9-15H,1-8H3;1-7H;2*1H;/q3*-1;;;+2/p-2. The summed E-state index contributed by atoms with van der Waals surface area (Å²) in [7, 11) is 10.7. The van der Waals surface area contributed by atoms with Gasteiger partial charge in [-0.25, -0.2) is 0 Å².